The van der Waals surface area contributed by atoms with Gasteiger partial charge in [-0.25, -0.2) is 0 Å². The molecule has 0 spiro atoms. The van der Waals surface area contributed by atoms with Crippen LogP contribution in [0.1, 0.15) is 56.6 Å². The first-order valence-corrected chi connectivity index (χ1v) is 8.56. The third-order valence-electron chi connectivity index (χ3n) is 3.92. The van der Waals surface area contributed by atoms with Crippen LogP contribution < -0.4 is 0 Å². The summed E-state index contributed by atoms with van der Waals surface area (Å²) in [6, 6.07) is 18.9. The van der Waals surface area contributed by atoms with E-state index < -0.39 is 0 Å². The van der Waals surface area contributed by atoms with Crippen molar-refractivity contribution in [2.24, 2.45) is 4.99 Å². The van der Waals surface area contributed by atoms with Crippen molar-refractivity contribution in [2.45, 2.75) is 51.9 Å². The molecule has 0 unspecified atom stereocenters. The molecule has 1 heteroatoms. The summed E-state index contributed by atoms with van der Waals surface area (Å²) >= 11 is 0. The van der Waals surface area contributed by atoms with Crippen molar-refractivity contribution in [3.8, 4) is 0 Å². The SMILES string of the molecule is CCCCCCCCc1ccc(/N=C/c2ccccc2)cc1. The number of benzene rings is 2. The van der Waals surface area contributed by atoms with Crippen molar-refractivity contribution >= 4 is 11.9 Å². The summed E-state index contributed by atoms with van der Waals surface area (Å²) in [4.78, 5) is 4.52. The molecule has 0 radical (unpaired) electrons. The van der Waals surface area contributed by atoms with Gasteiger partial charge in [0.25, 0.3) is 0 Å². The predicted octanol–water partition coefficient (Wildman–Crippen LogP) is 6.34. The number of hydrogen-bond acceptors (Lipinski definition) is 1. The fourth-order valence-corrected chi connectivity index (χ4v) is 2.55. The Balaban J connectivity index is 1.74. The highest BCUT2D eigenvalue weighted by atomic mass is 14.7. The first-order valence-electron chi connectivity index (χ1n) is 8.56. The molecule has 1 nitrogen and oxygen atoms in total. The smallest absolute Gasteiger partial charge is 0.0630 e. The van der Waals surface area contributed by atoms with Gasteiger partial charge in [-0.15, -0.1) is 0 Å². The maximum absolute atomic E-state index is 4.52. The van der Waals surface area contributed by atoms with Gasteiger partial charge in [-0.3, -0.25) is 4.99 Å². The Kier molecular flexibility index (Phi) is 7.45. The molecule has 0 saturated carbocycles. The van der Waals surface area contributed by atoms with Gasteiger partial charge < -0.3 is 0 Å². The maximum Gasteiger partial charge on any atom is 0.0630 e. The predicted molar refractivity (Wildman–Crippen MR) is 97.2 cm³/mol. The normalized spacial score (nSPS) is 11.1. The Labute approximate surface area is 135 Å². The molecule has 0 atom stereocenters. The monoisotopic (exact) mass is 293 g/mol. The van der Waals surface area contributed by atoms with Crippen molar-refractivity contribution in [3.05, 3.63) is 65.7 Å². The van der Waals surface area contributed by atoms with Gasteiger partial charge in [-0.05, 0) is 36.1 Å². The third kappa shape index (κ3) is 6.26. The summed E-state index contributed by atoms with van der Waals surface area (Å²) in [5.74, 6) is 0. The second kappa shape index (κ2) is 9.94. The van der Waals surface area contributed by atoms with E-state index in [-0.39, 0.29) is 0 Å². The van der Waals surface area contributed by atoms with E-state index in [0.29, 0.717) is 0 Å². The van der Waals surface area contributed by atoms with Gasteiger partial charge in [0.05, 0.1) is 5.69 Å². The van der Waals surface area contributed by atoms with Crippen LogP contribution in [0.15, 0.2) is 59.6 Å². The van der Waals surface area contributed by atoms with Crippen LogP contribution in [0, 0.1) is 0 Å². The standard InChI is InChI=1S/C21H27N/c1-2-3-4-5-6-8-11-19-14-16-21(17-15-19)22-18-20-12-9-7-10-13-20/h7,9-10,12-18H,2-6,8,11H2,1H3/b22-18+. The molecule has 116 valence electrons. The van der Waals surface area contributed by atoms with E-state index in [0.717, 1.165) is 11.3 Å². The number of nitrogens with zero attached hydrogens (tertiary/aromatic N) is 1. The van der Waals surface area contributed by atoms with E-state index in [9.17, 15) is 0 Å². The maximum atomic E-state index is 4.52. The van der Waals surface area contributed by atoms with Gasteiger partial charge in [-0.1, -0.05) is 81.5 Å². The highest BCUT2D eigenvalue weighted by molar-refractivity contribution is 5.81. The van der Waals surface area contributed by atoms with E-state index in [4.69, 9.17) is 0 Å². The fourth-order valence-electron chi connectivity index (χ4n) is 2.55. The quantitative estimate of drug-likeness (QED) is 0.378. The largest absolute Gasteiger partial charge is 0.256 e. The van der Waals surface area contributed by atoms with Crippen LogP contribution in [0.5, 0.6) is 0 Å². The molecule has 0 aliphatic rings. The lowest BCUT2D eigenvalue weighted by atomic mass is 10.0. The van der Waals surface area contributed by atoms with Crippen LogP contribution in [0.2, 0.25) is 0 Å². The number of unbranched alkanes of at least 4 members (excludes halogenated alkanes) is 5. The number of rotatable bonds is 9. The van der Waals surface area contributed by atoms with E-state index in [1.165, 1.54) is 50.5 Å². The van der Waals surface area contributed by atoms with Crippen LogP contribution in [0.3, 0.4) is 0 Å². The number of aryl methyl sites for hydroxylation is 1. The molecule has 0 saturated heterocycles. The Morgan fingerprint density at radius 2 is 1.45 bits per heavy atom. The van der Waals surface area contributed by atoms with Crippen molar-refractivity contribution in [2.75, 3.05) is 0 Å². The van der Waals surface area contributed by atoms with Crippen LogP contribution in [-0.4, -0.2) is 6.21 Å². The Morgan fingerprint density at radius 3 is 2.18 bits per heavy atom. The van der Waals surface area contributed by atoms with Crippen LogP contribution >= 0.6 is 0 Å². The first-order chi connectivity index (χ1) is 10.9. The molecule has 0 heterocycles. The van der Waals surface area contributed by atoms with Crippen LogP contribution in [-0.2, 0) is 6.42 Å². The first kappa shape index (κ1) is 16.5. The van der Waals surface area contributed by atoms with Gasteiger partial charge in [0.15, 0.2) is 0 Å². The molecule has 0 fully saturated rings. The zero-order valence-corrected chi connectivity index (χ0v) is 13.7. The van der Waals surface area contributed by atoms with Crippen molar-refractivity contribution in [1.82, 2.24) is 0 Å². The summed E-state index contributed by atoms with van der Waals surface area (Å²) in [6.07, 6.45) is 11.2. The Hall–Kier alpha value is -1.89. The molecule has 2 aromatic carbocycles. The Bertz CT molecular complexity index is 540. The molecule has 22 heavy (non-hydrogen) atoms. The van der Waals surface area contributed by atoms with Crippen LogP contribution in [0.4, 0.5) is 5.69 Å². The highest BCUT2D eigenvalue weighted by Crippen LogP contribution is 2.15. The average Bonchev–Trinajstić information content (AvgIpc) is 2.58. The minimum atomic E-state index is 1.02. The molecule has 2 aromatic rings. The molecule has 0 aliphatic carbocycles. The topological polar surface area (TPSA) is 12.4 Å². The van der Waals surface area contributed by atoms with E-state index in [1.807, 2.05) is 24.4 Å². The molecular formula is C21H27N. The second-order valence-electron chi connectivity index (χ2n) is 5.85. The minimum Gasteiger partial charge on any atom is -0.256 e. The lowest BCUT2D eigenvalue weighted by Gasteiger charge is -2.02. The van der Waals surface area contributed by atoms with E-state index in [2.05, 4.69) is 48.3 Å². The van der Waals surface area contributed by atoms with E-state index >= 15 is 0 Å². The molecular weight excluding hydrogens is 266 g/mol. The molecule has 0 N–H and O–H groups in total. The van der Waals surface area contributed by atoms with Gasteiger partial charge in [-0.2, -0.15) is 0 Å². The lowest BCUT2D eigenvalue weighted by molar-refractivity contribution is 0.607. The minimum absolute atomic E-state index is 1.02. The van der Waals surface area contributed by atoms with Crippen molar-refractivity contribution in [3.63, 3.8) is 0 Å². The summed E-state index contributed by atoms with van der Waals surface area (Å²) in [5, 5.41) is 0. The zero-order chi connectivity index (χ0) is 15.5. The number of aliphatic imine (C=N–C) groups is 1. The fraction of sp³-hybridized carbons (Fsp3) is 0.381. The zero-order valence-electron chi connectivity index (χ0n) is 13.7. The summed E-state index contributed by atoms with van der Waals surface area (Å²) < 4.78 is 0. The lowest BCUT2D eigenvalue weighted by Crippen LogP contribution is -1.86. The van der Waals surface area contributed by atoms with Gasteiger partial charge in [0, 0.05) is 6.21 Å². The van der Waals surface area contributed by atoms with Gasteiger partial charge >= 0.3 is 0 Å². The van der Waals surface area contributed by atoms with Crippen molar-refractivity contribution < 1.29 is 0 Å². The molecule has 0 amide bonds. The average molecular weight is 293 g/mol. The number of hydrogen-bond donors (Lipinski definition) is 0. The summed E-state index contributed by atoms with van der Waals surface area (Å²) in [7, 11) is 0. The Morgan fingerprint density at radius 1 is 0.773 bits per heavy atom. The van der Waals surface area contributed by atoms with Crippen molar-refractivity contribution in [1.29, 1.82) is 0 Å². The van der Waals surface area contributed by atoms with Gasteiger partial charge in [0.1, 0.15) is 0 Å². The molecule has 2 rings (SSSR count). The highest BCUT2D eigenvalue weighted by Gasteiger charge is 1.95. The third-order valence-corrected chi connectivity index (χ3v) is 3.92. The van der Waals surface area contributed by atoms with E-state index in [1.54, 1.807) is 0 Å². The van der Waals surface area contributed by atoms with Crippen LogP contribution in [0.25, 0.3) is 0 Å². The second-order valence-corrected chi connectivity index (χ2v) is 5.85. The molecule has 0 bridgehead atoms. The van der Waals surface area contributed by atoms with Gasteiger partial charge in [0.2, 0.25) is 0 Å². The molecule has 0 aliphatic heterocycles. The summed E-state index contributed by atoms with van der Waals surface area (Å²) in [6.45, 7) is 2.27. The summed E-state index contributed by atoms with van der Waals surface area (Å²) in [5.41, 5.74) is 3.59. The molecule has 0 aromatic heterocycles.